The minimum Gasteiger partial charge on any atom is -0.327 e. The number of halogens is 2. The number of nitrogens with two attached hydrogens (primary N) is 1. The minimum atomic E-state index is -0.517. The van der Waals surface area contributed by atoms with Gasteiger partial charge in [-0.1, -0.05) is 6.07 Å². The highest BCUT2D eigenvalue weighted by molar-refractivity contribution is 5.22. The molecular formula is C16H19F2N. The standard InChI is InChI=1S/C16H19F2N/c17-11-4-3-8(12(18)7-11)6-13(19)16-14-9-1-2-10(5-9)15(14)16/h3-4,7,9-10,13-16H,1-2,5-6,19H2. The van der Waals surface area contributed by atoms with Crippen LogP contribution < -0.4 is 5.73 Å². The topological polar surface area (TPSA) is 26.0 Å². The predicted octanol–water partition coefficient (Wildman–Crippen LogP) is 3.13. The third-order valence-electron chi connectivity index (χ3n) is 5.76. The summed E-state index contributed by atoms with van der Waals surface area (Å²) in [7, 11) is 0. The molecule has 19 heavy (non-hydrogen) atoms. The number of rotatable bonds is 3. The van der Waals surface area contributed by atoms with Crippen LogP contribution in [-0.4, -0.2) is 6.04 Å². The summed E-state index contributed by atoms with van der Waals surface area (Å²) in [4.78, 5) is 0. The SMILES string of the molecule is NC(Cc1ccc(F)cc1F)C1C2C3CCC(C3)C12. The molecule has 0 radical (unpaired) electrons. The Bertz CT molecular complexity index is 499. The predicted molar refractivity (Wildman–Crippen MR) is 69.3 cm³/mol. The van der Waals surface area contributed by atoms with E-state index in [0.717, 1.165) is 29.7 Å². The lowest BCUT2D eigenvalue weighted by Crippen LogP contribution is -2.29. The van der Waals surface area contributed by atoms with Gasteiger partial charge in [0.15, 0.2) is 0 Å². The first-order valence-electron chi connectivity index (χ1n) is 7.34. The van der Waals surface area contributed by atoms with E-state index in [0.29, 0.717) is 17.9 Å². The fraction of sp³-hybridized carbons (Fsp3) is 0.625. The molecule has 3 saturated carbocycles. The third kappa shape index (κ3) is 1.74. The molecule has 1 nitrogen and oxygen atoms in total. The van der Waals surface area contributed by atoms with Gasteiger partial charge in [-0.25, -0.2) is 8.78 Å². The van der Waals surface area contributed by atoms with Gasteiger partial charge in [-0.2, -0.15) is 0 Å². The van der Waals surface area contributed by atoms with Gasteiger partial charge in [0, 0.05) is 12.1 Å². The molecule has 0 saturated heterocycles. The Labute approximate surface area is 112 Å². The van der Waals surface area contributed by atoms with Crippen LogP contribution in [0.1, 0.15) is 24.8 Å². The molecule has 0 heterocycles. The van der Waals surface area contributed by atoms with Crippen molar-refractivity contribution in [2.75, 3.05) is 0 Å². The van der Waals surface area contributed by atoms with Crippen LogP contribution in [0.25, 0.3) is 0 Å². The van der Waals surface area contributed by atoms with Crippen LogP contribution in [0.5, 0.6) is 0 Å². The molecular weight excluding hydrogens is 244 g/mol. The number of benzene rings is 1. The van der Waals surface area contributed by atoms with Crippen molar-refractivity contribution in [1.29, 1.82) is 0 Å². The summed E-state index contributed by atoms with van der Waals surface area (Å²) in [5, 5.41) is 0. The van der Waals surface area contributed by atoms with E-state index in [-0.39, 0.29) is 6.04 Å². The smallest absolute Gasteiger partial charge is 0.129 e. The molecule has 3 heteroatoms. The second kappa shape index (κ2) is 4.02. The highest BCUT2D eigenvalue weighted by Gasteiger charge is 2.66. The first-order chi connectivity index (χ1) is 9.15. The van der Waals surface area contributed by atoms with E-state index in [2.05, 4.69) is 0 Å². The normalized spacial score (nSPS) is 40.3. The van der Waals surface area contributed by atoms with Crippen LogP contribution in [0.15, 0.2) is 18.2 Å². The van der Waals surface area contributed by atoms with E-state index < -0.39 is 11.6 Å². The van der Waals surface area contributed by atoms with Gasteiger partial charge < -0.3 is 5.73 Å². The second-order valence-electron chi connectivity index (χ2n) is 6.67. The van der Waals surface area contributed by atoms with Crippen LogP contribution in [0.3, 0.4) is 0 Å². The quantitative estimate of drug-likeness (QED) is 0.891. The van der Waals surface area contributed by atoms with E-state index in [1.165, 1.54) is 31.4 Å². The minimum absolute atomic E-state index is 0.0401. The van der Waals surface area contributed by atoms with Gasteiger partial charge in [-0.3, -0.25) is 0 Å². The molecule has 0 spiro atoms. The highest BCUT2D eigenvalue weighted by Crippen LogP contribution is 2.70. The van der Waals surface area contributed by atoms with E-state index in [4.69, 9.17) is 5.73 Å². The Morgan fingerprint density at radius 2 is 1.84 bits per heavy atom. The van der Waals surface area contributed by atoms with Crippen molar-refractivity contribution in [3.63, 3.8) is 0 Å². The molecule has 5 atom stereocenters. The van der Waals surface area contributed by atoms with Gasteiger partial charge in [0.25, 0.3) is 0 Å². The lowest BCUT2D eigenvalue weighted by atomic mass is 9.94. The van der Waals surface area contributed by atoms with Crippen LogP contribution in [-0.2, 0) is 6.42 Å². The van der Waals surface area contributed by atoms with E-state index in [9.17, 15) is 8.78 Å². The maximum atomic E-state index is 13.7. The van der Waals surface area contributed by atoms with Crippen molar-refractivity contribution in [1.82, 2.24) is 0 Å². The zero-order chi connectivity index (χ0) is 13.1. The summed E-state index contributed by atoms with van der Waals surface area (Å²) >= 11 is 0. The van der Waals surface area contributed by atoms with Gasteiger partial charge in [0.05, 0.1) is 0 Å². The molecule has 3 aliphatic rings. The number of fused-ring (bicyclic) bond motifs is 5. The number of hydrogen-bond acceptors (Lipinski definition) is 1. The van der Waals surface area contributed by atoms with E-state index in [1.807, 2.05) is 0 Å². The molecule has 102 valence electrons. The van der Waals surface area contributed by atoms with Gasteiger partial charge >= 0.3 is 0 Å². The molecule has 3 fully saturated rings. The van der Waals surface area contributed by atoms with Gasteiger partial charge in [-0.15, -0.1) is 0 Å². The lowest BCUT2D eigenvalue weighted by molar-refractivity contribution is 0.406. The molecule has 5 unspecified atom stereocenters. The van der Waals surface area contributed by atoms with Crippen molar-refractivity contribution in [2.45, 2.75) is 31.7 Å². The zero-order valence-corrected chi connectivity index (χ0v) is 10.9. The molecule has 0 aliphatic heterocycles. The maximum Gasteiger partial charge on any atom is 0.129 e. The average molecular weight is 263 g/mol. The molecule has 1 aromatic rings. The molecule has 4 rings (SSSR count). The van der Waals surface area contributed by atoms with Gasteiger partial charge in [0.2, 0.25) is 0 Å². The molecule has 2 N–H and O–H groups in total. The molecule has 0 aromatic heterocycles. The molecule has 1 aromatic carbocycles. The average Bonchev–Trinajstić information content (AvgIpc) is 2.82. The van der Waals surface area contributed by atoms with Crippen molar-refractivity contribution in [3.05, 3.63) is 35.4 Å². The fourth-order valence-corrected chi connectivity index (χ4v) is 5.04. The van der Waals surface area contributed by atoms with Gasteiger partial charge in [-0.05, 0) is 66.9 Å². The zero-order valence-electron chi connectivity index (χ0n) is 10.9. The molecule has 0 amide bonds. The Hall–Kier alpha value is -0.960. The largest absolute Gasteiger partial charge is 0.327 e. The maximum absolute atomic E-state index is 13.7. The first kappa shape index (κ1) is 11.8. The van der Waals surface area contributed by atoms with E-state index >= 15 is 0 Å². The summed E-state index contributed by atoms with van der Waals surface area (Å²) in [5.74, 6) is 3.04. The first-order valence-corrected chi connectivity index (χ1v) is 7.34. The molecule has 3 aliphatic carbocycles. The van der Waals surface area contributed by atoms with Crippen molar-refractivity contribution >= 4 is 0 Å². The number of hydrogen-bond donors (Lipinski definition) is 1. The van der Waals surface area contributed by atoms with E-state index in [1.54, 1.807) is 0 Å². The summed E-state index contributed by atoms with van der Waals surface area (Å²) in [5.41, 5.74) is 6.86. The Morgan fingerprint density at radius 3 is 2.47 bits per heavy atom. The summed E-state index contributed by atoms with van der Waals surface area (Å²) in [6.45, 7) is 0. The van der Waals surface area contributed by atoms with Crippen LogP contribution in [0.4, 0.5) is 8.78 Å². The van der Waals surface area contributed by atoms with Gasteiger partial charge in [0.1, 0.15) is 11.6 Å². The van der Waals surface area contributed by atoms with Crippen molar-refractivity contribution in [2.24, 2.45) is 35.3 Å². The Kier molecular flexibility index (Phi) is 2.50. The monoisotopic (exact) mass is 263 g/mol. The third-order valence-corrected chi connectivity index (χ3v) is 5.76. The van der Waals surface area contributed by atoms with Crippen LogP contribution >= 0.6 is 0 Å². The Balaban J connectivity index is 1.47. The van der Waals surface area contributed by atoms with Crippen LogP contribution in [0.2, 0.25) is 0 Å². The summed E-state index contributed by atoms with van der Waals surface area (Å²) in [6.07, 6.45) is 4.70. The van der Waals surface area contributed by atoms with Crippen molar-refractivity contribution in [3.8, 4) is 0 Å². The van der Waals surface area contributed by atoms with Crippen LogP contribution in [0, 0.1) is 41.2 Å². The highest BCUT2D eigenvalue weighted by atomic mass is 19.1. The summed E-state index contributed by atoms with van der Waals surface area (Å²) in [6, 6.07) is 3.86. The van der Waals surface area contributed by atoms with Crippen molar-refractivity contribution < 1.29 is 8.78 Å². The summed E-state index contributed by atoms with van der Waals surface area (Å²) < 4.78 is 26.5. The fourth-order valence-electron chi connectivity index (χ4n) is 5.04. The second-order valence-corrected chi connectivity index (χ2v) is 6.67. The Morgan fingerprint density at radius 1 is 1.16 bits per heavy atom. The lowest BCUT2D eigenvalue weighted by Gasteiger charge is -2.16. The molecule has 2 bridgehead atoms.